The Morgan fingerprint density at radius 2 is 1.67 bits per heavy atom. The van der Waals surface area contributed by atoms with E-state index in [1.807, 2.05) is 0 Å². The number of hydrogen-bond donors (Lipinski definition) is 2. The highest BCUT2D eigenvalue weighted by Crippen LogP contribution is 2.25. The van der Waals surface area contributed by atoms with Crippen LogP contribution in [0.4, 0.5) is 5.69 Å². The second-order valence-electron chi connectivity index (χ2n) is 8.08. The lowest BCUT2D eigenvalue weighted by Gasteiger charge is -2.10. The SMILES string of the molecule is Cc1ncc(-c2cccc(C(=O)Nc3ccc(CS(=O)(=O)c4ccccc4Cl)cc3)c2)cc1C(=O)O. The molecule has 36 heavy (non-hydrogen) atoms. The lowest BCUT2D eigenvalue weighted by Crippen LogP contribution is -2.12. The van der Waals surface area contributed by atoms with Gasteiger partial charge in [-0.2, -0.15) is 0 Å². The maximum absolute atomic E-state index is 12.8. The van der Waals surface area contributed by atoms with Gasteiger partial charge in [-0.15, -0.1) is 0 Å². The number of carbonyl (C=O) groups is 2. The first kappa shape index (κ1) is 25.1. The molecule has 0 bridgehead atoms. The summed E-state index contributed by atoms with van der Waals surface area (Å²) in [5.74, 6) is -1.67. The second kappa shape index (κ2) is 10.3. The molecular weight excluding hydrogens is 500 g/mol. The van der Waals surface area contributed by atoms with Gasteiger partial charge in [-0.05, 0) is 60.5 Å². The molecule has 182 valence electrons. The van der Waals surface area contributed by atoms with Crippen LogP contribution in [0.25, 0.3) is 11.1 Å². The zero-order valence-corrected chi connectivity index (χ0v) is 20.7. The van der Waals surface area contributed by atoms with Gasteiger partial charge >= 0.3 is 5.97 Å². The molecule has 0 unspecified atom stereocenters. The number of carboxylic acids is 1. The molecule has 1 amide bonds. The number of nitrogens with one attached hydrogen (secondary N) is 1. The highest BCUT2D eigenvalue weighted by molar-refractivity contribution is 7.90. The number of carboxylic acid groups (broad SMARTS) is 1. The van der Waals surface area contributed by atoms with Gasteiger partial charge in [0, 0.05) is 23.0 Å². The van der Waals surface area contributed by atoms with E-state index in [1.54, 1.807) is 73.8 Å². The van der Waals surface area contributed by atoms with Crippen molar-refractivity contribution in [3.8, 4) is 11.1 Å². The fourth-order valence-corrected chi connectivity index (χ4v) is 5.56. The van der Waals surface area contributed by atoms with Crippen LogP contribution in [0.3, 0.4) is 0 Å². The molecule has 2 N–H and O–H groups in total. The number of benzene rings is 3. The summed E-state index contributed by atoms with van der Waals surface area (Å²) in [4.78, 5) is 28.5. The summed E-state index contributed by atoms with van der Waals surface area (Å²) in [5, 5.41) is 12.3. The number of aryl methyl sites for hydroxylation is 1. The van der Waals surface area contributed by atoms with Crippen LogP contribution >= 0.6 is 11.6 Å². The predicted octanol–water partition coefficient (Wildman–Crippen LogP) is 5.63. The molecule has 1 aromatic heterocycles. The second-order valence-corrected chi connectivity index (χ2v) is 10.4. The molecular formula is C27H21ClN2O5S. The van der Waals surface area contributed by atoms with Crippen molar-refractivity contribution in [1.82, 2.24) is 4.98 Å². The average molecular weight is 521 g/mol. The maximum atomic E-state index is 12.8. The van der Waals surface area contributed by atoms with E-state index in [2.05, 4.69) is 10.3 Å². The van der Waals surface area contributed by atoms with E-state index in [9.17, 15) is 23.1 Å². The van der Waals surface area contributed by atoms with Crippen LogP contribution in [0.5, 0.6) is 0 Å². The smallest absolute Gasteiger partial charge is 0.337 e. The van der Waals surface area contributed by atoms with Gasteiger partial charge in [0.25, 0.3) is 5.91 Å². The highest BCUT2D eigenvalue weighted by atomic mass is 35.5. The monoisotopic (exact) mass is 520 g/mol. The third-order valence-corrected chi connectivity index (χ3v) is 7.70. The van der Waals surface area contributed by atoms with E-state index in [-0.39, 0.29) is 27.1 Å². The van der Waals surface area contributed by atoms with Gasteiger partial charge in [0.05, 0.1) is 26.9 Å². The molecule has 4 aromatic rings. The number of aromatic nitrogens is 1. The molecule has 4 rings (SSSR count). The number of amides is 1. The first-order valence-electron chi connectivity index (χ1n) is 10.8. The Hall–Kier alpha value is -4.01. The number of halogens is 1. The number of hydrogen-bond acceptors (Lipinski definition) is 5. The van der Waals surface area contributed by atoms with Crippen molar-refractivity contribution in [2.75, 3.05) is 5.32 Å². The lowest BCUT2D eigenvalue weighted by molar-refractivity contribution is 0.0695. The molecule has 9 heteroatoms. The Kier molecular flexibility index (Phi) is 7.19. The number of sulfone groups is 1. The summed E-state index contributed by atoms with van der Waals surface area (Å²) in [6.07, 6.45) is 1.56. The van der Waals surface area contributed by atoms with E-state index >= 15 is 0 Å². The summed E-state index contributed by atoms with van der Waals surface area (Å²) >= 11 is 6.04. The van der Waals surface area contributed by atoms with Crippen LogP contribution in [0.15, 0.2) is 90.0 Å². The van der Waals surface area contributed by atoms with Gasteiger partial charge in [0.2, 0.25) is 0 Å². The van der Waals surface area contributed by atoms with Crippen molar-refractivity contribution in [1.29, 1.82) is 0 Å². The third-order valence-electron chi connectivity index (χ3n) is 5.52. The predicted molar refractivity (Wildman–Crippen MR) is 138 cm³/mol. The number of carbonyl (C=O) groups excluding carboxylic acids is 1. The molecule has 0 spiro atoms. The Balaban J connectivity index is 1.48. The summed E-state index contributed by atoms with van der Waals surface area (Å²) < 4.78 is 25.4. The van der Waals surface area contributed by atoms with Gasteiger partial charge in [-0.3, -0.25) is 9.78 Å². The van der Waals surface area contributed by atoms with E-state index in [0.29, 0.717) is 33.6 Å². The largest absolute Gasteiger partial charge is 0.478 e. The van der Waals surface area contributed by atoms with Gasteiger partial charge in [0.15, 0.2) is 9.84 Å². The number of rotatable bonds is 7. The van der Waals surface area contributed by atoms with Gasteiger partial charge in [0.1, 0.15) is 0 Å². The minimum atomic E-state index is -3.63. The van der Waals surface area contributed by atoms with Crippen molar-refractivity contribution in [2.24, 2.45) is 0 Å². The summed E-state index contributed by atoms with van der Waals surface area (Å²) in [5.41, 5.74) is 3.15. The van der Waals surface area contributed by atoms with Crippen LogP contribution in [-0.2, 0) is 15.6 Å². The minimum Gasteiger partial charge on any atom is -0.478 e. The molecule has 0 aliphatic carbocycles. The standard InChI is InChI=1S/C27H21ClN2O5S/c1-17-23(27(32)33)14-21(15-29-17)19-5-4-6-20(13-19)26(31)30-22-11-9-18(10-12-22)16-36(34,35)25-8-3-2-7-24(25)28/h2-15H,16H2,1H3,(H,30,31)(H,32,33). The fraction of sp³-hybridized carbons (Fsp3) is 0.0741. The quantitative estimate of drug-likeness (QED) is 0.326. The minimum absolute atomic E-state index is 0.0724. The Bertz CT molecular complexity index is 1570. The zero-order chi connectivity index (χ0) is 25.9. The molecule has 7 nitrogen and oxygen atoms in total. The zero-order valence-electron chi connectivity index (χ0n) is 19.1. The Morgan fingerprint density at radius 1 is 0.944 bits per heavy atom. The average Bonchev–Trinajstić information content (AvgIpc) is 2.85. The van der Waals surface area contributed by atoms with Crippen LogP contribution in [0, 0.1) is 6.92 Å². The van der Waals surface area contributed by atoms with Crippen LogP contribution in [-0.4, -0.2) is 30.4 Å². The van der Waals surface area contributed by atoms with Crippen LogP contribution < -0.4 is 5.32 Å². The molecule has 0 aliphatic rings. The molecule has 0 radical (unpaired) electrons. The number of nitrogens with zero attached hydrogens (tertiary/aromatic N) is 1. The number of aromatic carboxylic acids is 1. The molecule has 0 saturated heterocycles. The van der Waals surface area contributed by atoms with Crippen molar-refractivity contribution in [3.63, 3.8) is 0 Å². The molecule has 3 aromatic carbocycles. The van der Waals surface area contributed by atoms with Gasteiger partial charge in [-0.1, -0.05) is 48.0 Å². The molecule has 0 saturated carbocycles. The third kappa shape index (κ3) is 5.62. The van der Waals surface area contributed by atoms with Crippen molar-refractivity contribution < 1.29 is 23.1 Å². The summed E-state index contributed by atoms with van der Waals surface area (Å²) in [6, 6.07) is 21.1. The summed E-state index contributed by atoms with van der Waals surface area (Å²) in [7, 11) is -3.63. The normalized spacial score (nSPS) is 11.2. The number of anilines is 1. The van der Waals surface area contributed by atoms with E-state index in [1.165, 1.54) is 18.2 Å². The summed E-state index contributed by atoms with van der Waals surface area (Å²) in [6.45, 7) is 1.62. The molecule has 0 aliphatic heterocycles. The lowest BCUT2D eigenvalue weighted by atomic mass is 10.0. The van der Waals surface area contributed by atoms with Crippen molar-refractivity contribution in [2.45, 2.75) is 17.6 Å². The van der Waals surface area contributed by atoms with E-state index < -0.39 is 15.8 Å². The first-order chi connectivity index (χ1) is 17.1. The maximum Gasteiger partial charge on any atom is 0.337 e. The van der Waals surface area contributed by atoms with E-state index in [4.69, 9.17) is 11.6 Å². The van der Waals surface area contributed by atoms with Crippen molar-refractivity contribution >= 4 is 39.0 Å². The first-order valence-corrected chi connectivity index (χ1v) is 12.8. The van der Waals surface area contributed by atoms with Gasteiger partial charge in [-0.25, -0.2) is 13.2 Å². The molecule has 0 fully saturated rings. The van der Waals surface area contributed by atoms with E-state index in [0.717, 1.165) is 0 Å². The van der Waals surface area contributed by atoms with Crippen molar-refractivity contribution in [3.05, 3.63) is 112 Å². The Morgan fingerprint density at radius 3 is 2.36 bits per heavy atom. The van der Waals surface area contributed by atoms with Crippen LogP contribution in [0.1, 0.15) is 32.0 Å². The van der Waals surface area contributed by atoms with Crippen LogP contribution in [0.2, 0.25) is 5.02 Å². The molecule has 0 atom stereocenters. The topological polar surface area (TPSA) is 113 Å². The highest BCUT2D eigenvalue weighted by Gasteiger charge is 2.18. The Labute approximate surface area is 213 Å². The van der Waals surface area contributed by atoms with Gasteiger partial charge < -0.3 is 10.4 Å². The number of pyridine rings is 1. The fourth-order valence-electron chi connectivity index (χ4n) is 3.63. The molecule has 1 heterocycles.